The Morgan fingerprint density at radius 1 is 1.03 bits per heavy atom. The van der Waals surface area contributed by atoms with Crippen LogP contribution in [0.25, 0.3) is 11.3 Å². The van der Waals surface area contributed by atoms with E-state index in [2.05, 4.69) is 15.6 Å². The molecule has 0 fully saturated rings. The van der Waals surface area contributed by atoms with Gasteiger partial charge in [-0.1, -0.05) is 23.2 Å². The number of aryl methyl sites for hydroxylation is 1. The van der Waals surface area contributed by atoms with Gasteiger partial charge in [-0.3, -0.25) is 14.6 Å². The Bertz CT molecular complexity index is 1120. The molecular weight excluding hydrogens is 416 g/mol. The van der Waals surface area contributed by atoms with Crippen molar-refractivity contribution >= 4 is 40.7 Å². The standard InChI is InChI=1S/C21H16Cl2FN3O2/c1-11-8-12(22)9-16(20(28)25-2)18(11)27-21(29)15-10-13(24)5-6-14(15)19-17(23)4-3-7-26-19/h3-10H,1-2H3,(H,25,28)(H,27,29). The van der Waals surface area contributed by atoms with Gasteiger partial charge in [-0.15, -0.1) is 0 Å². The maximum absolute atomic E-state index is 13.9. The molecule has 3 aromatic rings. The fraction of sp³-hybridized carbons (Fsp3) is 0.0952. The maximum atomic E-state index is 13.9. The van der Waals surface area contributed by atoms with Gasteiger partial charge in [0, 0.05) is 23.8 Å². The zero-order chi connectivity index (χ0) is 21.1. The van der Waals surface area contributed by atoms with Crippen molar-refractivity contribution in [2.24, 2.45) is 0 Å². The van der Waals surface area contributed by atoms with Gasteiger partial charge in [0.15, 0.2) is 0 Å². The molecule has 2 aromatic carbocycles. The SMILES string of the molecule is CNC(=O)c1cc(Cl)cc(C)c1NC(=O)c1cc(F)ccc1-c1ncccc1Cl. The molecule has 0 atom stereocenters. The second-order valence-corrected chi connectivity index (χ2v) is 7.05. The first-order valence-electron chi connectivity index (χ1n) is 8.56. The molecule has 0 saturated carbocycles. The lowest BCUT2D eigenvalue weighted by atomic mass is 10.0. The van der Waals surface area contributed by atoms with E-state index in [4.69, 9.17) is 23.2 Å². The first-order chi connectivity index (χ1) is 13.8. The van der Waals surface area contributed by atoms with E-state index in [0.717, 1.165) is 6.07 Å². The van der Waals surface area contributed by atoms with Crippen molar-refractivity contribution in [2.45, 2.75) is 6.92 Å². The van der Waals surface area contributed by atoms with Crippen LogP contribution in [0.15, 0.2) is 48.7 Å². The third-order valence-electron chi connectivity index (χ3n) is 4.25. The van der Waals surface area contributed by atoms with Gasteiger partial charge in [0.05, 0.1) is 27.5 Å². The molecule has 0 aliphatic rings. The van der Waals surface area contributed by atoms with E-state index in [1.165, 1.54) is 31.4 Å². The van der Waals surface area contributed by atoms with Gasteiger partial charge in [0.25, 0.3) is 11.8 Å². The van der Waals surface area contributed by atoms with Crippen molar-refractivity contribution in [3.63, 3.8) is 0 Å². The number of carbonyl (C=O) groups is 2. The first-order valence-corrected chi connectivity index (χ1v) is 9.31. The highest BCUT2D eigenvalue weighted by Crippen LogP contribution is 2.31. The molecule has 0 aliphatic heterocycles. The second kappa shape index (κ2) is 8.59. The van der Waals surface area contributed by atoms with Crippen LogP contribution in [-0.4, -0.2) is 23.8 Å². The van der Waals surface area contributed by atoms with Gasteiger partial charge in [-0.2, -0.15) is 0 Å². The van der Waals surface area contributed by atoms with Crippen molar-refractivity contribution in [1.29, 1.82) is 0 Å². The number of hydrogen-bond donors (Lipinski definition) is 2. The topological polar surface area (TPSA) is 71.1 Å². The molecule has 0 aliphatic carbocycles. The van der Waals surface area contributed by atoms with Gasteiger partial charge in [-0.05, 0) is 55.0 Å². The predicted octanol–water partition coefficient (Wildman–Crippen LogP) is 5.11. The lowest BCUT2D eigenvalue weighted by molar-refractivity contribution is 0.0964. The molecule has 148 valence electrons. The van der Waals surface area contributed by atoms with Crippen LogP contribution in [0, 0.1) is 12.7 Å². The Kier molecular flexibility index (Phi) is 6.15. The van der Waals surface area contributed by atoms with Gasteiger partial charge in [0.2, 0.25) is 0 Å². The number of anilines is 1. The first kappa shape index (κ1) is 20.8. The summed E-state index contributed by atoms with van der Waals surface area (Å²) in [5.74, 6) is -1.62. The maximum Gasteiger partial charge on any atom is 0.256 e. The summed E-state index contributed by atoms with van der Waals surface area (Å²) in [5, 5.41) is 5.88. The quantitative estimate of drug-likeness (QED) is 0.602. The number of rotatable bonds is 4. The summed E-state index contributed by atoms with van der Waals surface area (Å²) in [7, 11) is 1.47. The lowest BCUT2D eigenvalue weighted by Gasteiger charge is -2.16. The van der Waals surface area contributed by atoms with Crippen LogP contribution < -0.4 is 10.6 Å². The Hall–Kier alpha value is -2.96. The highest BCUT2D eigenvalue weighted by molar-refractivity contribution is 6.33. The number of carbonyl (C=O) groups excluding carboxylic acids is 2. The van der Waals surface area contributed by atoms with Crippen LogP contribution in [-0.2, 0) is 0 Å². The average molecular weight is 432 g/mol. The molecule has 8 heteroatoms. The van der Waals surface area contributed by atoms with Gasteiger partial charge < -0.3 is 10.6 Å². The van der Waals surface area contributed by atoms with Crippen LogP contribution in [0.4, 0.5) is 10.1 Å². The smallest absolute Gasteiger partial charge is 0.256 e. The fourth-order valence-electron chi connectivity index (χ4n) is 2.90. The number of halogens is 3. The van der Waals surface area contributed by atoms with Crippen LogP contribution >= 0.6 is 23.2 Å². The van der Waals surface area contributed by atoms with E-state index in [-0.39, 0.29) is 16.8 Å². The molecule has 1 heterocycles. The van der Waals surface area contributed by atoms with Crippen molar-refractivity contribution in [3.8, 4) is 11.3 Å². The summed E-state index contributed by atoms with van der Waals surface area (Å²) < 4.78 is 13.9. The summed E-state index contributed by atoms with van der Waals surface area (Å²) in [6, 6.07) is 10.1. The molecule has 0 radical (unpaired) electrons. The molecule has 2 amide bonds. The fourth-order valence-corrected chi connectivity index (χ4v) is 3.39. The molecule has 0 saturated heterocycles. The number of aromatic nitrogens is 1. The predicted molar refractivity (Wildman–Crippen MR) is 112 cm³/mol. The van der Waals surface area contributed by atoms with Crippen molar-refractivity contribution < 1.29 is 14.0 Å². The summed E-state index contributed by atoms with van der Waals surface area (Å²) in [6.45, 7) is 1.70. The van der Waals surface area contributed by atoms with E-state index in [1.54, 1.807) is 25.1 Å². The molecular formula is C21H16Cl2FN3O2. The van der Waals surface area contributed by atoms with Crippen LogP contribution in [0.2, 0.25) is 10.0 Å². The summed E-state index contributed by atoms with van der Waals surface area (Å²) >= 11 is 12.3. The molecule has 0 spiro atoms. The van der Waals surface area contributed by atoms with Crippen LogP contribution in [0.1, 0.15) is 26.3 Å². The van der Waals surface area contributed by atoms with E-state index >= 15 is 0 Å². The number of amides is 2. The average Bonchev–Trinajstić information content (AvgIpc) is 2.69. The number of benzene rings is 2. The lowest BCUT2D eigenvalue weighted by Crippen LogP contribution is -2.22. The van der Waals surface area contributed by atoms with Crippen LogP contribution in [0.3, 0.4) is 0 Å². The Morgan fingerprint density at radius 2 is 1.79 bits per heavy atom. The molecule has 29 heavy (non-hydrogen) atoms. The normalized spacial score (nSPS) is 10.5. The molecule has 3 rings (SSSR count). The minimum Gasteiger partial charge on any atom is -0.355 e. The van der Waals surface area contributed by atoms with E-state index in [1.807, 2.05) is 0 Å². The number of pyridine rings is 1. The highest BCUT2D eigenvalue weighted by atomic mass is 35.5. The monoisotopic (exact) mass is 431 g/mol. The minimum absolute atomic E-state index is 0.0304. The summed E-state index contributed by atoms with van der Waals surface area (Å²) in [5.41, 5.74) is 1.79. The van der Waals surface area contributed by atoms with Gasteiger partial charge >= 0.3 is 0 Å². The minimum atomic E-state index is -0.614. The molecule has 2 N–H and O–H groups in total. The third-order valence-corrected chi connectivity index (χ3v) is 4.77. The van der Waals surface area contributed by atoms with E-state index < -0.39 is 17.6 Å². The molecule has 5 nitrogen and oxygen atoms in total. The molecule has 0 unspecified atom stereocenters. The zero-order valence-corrected chi connectivity index (χ0v) is 17.0. The zero-order valence-electron chi connectivity index (χ0n) is 15.5. The summed E-state index contributed by atoms with van der Waals surface area (Å²) in [6.07, 6.45) is 1.53. The van der Waals surface area contributed by atoms with E-state index in [0.29, 0.717) is 26.9 Å². The van der Waals surface area contributed by atoms with Crippen LogP contribution in [0.5, 0.6) is 0 Å². The largest absolute Gasteiger partial charge is 0.355 e. The molecule has 1 aromatic heterocycles. The Balaban J connectivity index is 2.09. The Labute approximate surface area is 176 Å². The number of nitrogens with zero attached hydrogens (tertiary/aromatic N) is 1. The van der Waals surface area contributed by atoms with E-state index in [9.17, 15) is 14.0 Å². The third kappa shape index (κ3) is 4.39. The number of nitrogens with one attached hydrogen (secondary N) is 2. The van der Waals surface area contributed by atoms with Crippen molar-refractivity contribution in [2.75, 3.05) is 12.4 Å². The summed E-state index contributed by atoms with van der Waals surface area (Å²) in [4.78, 5) is 29.5. The molecule has 0 bridgehead atoms. The Morgan fingerprint density at radius 3 is 2.48 bits per heavy atom. The van der Waals surface area contributed by atoms with Gasteiger partial charge in [0.1, 0.15) is 5.82 Å². The van der Waals surface area contributed by atoms with Crippen molar-refractivity contribution in [1.82, 2.24) is 10.3 Å². The van der Waals surface area contributed by atoms with Crippen molar-refractivity contribution in [3.05, 3.63) is 81.2 Å². The highest BCUT2D eigenvalue weighted by Gasteiger charge is 2.21. The number of hydrogen-bond acceptors (Lipinski definition) is 3. The second-order valence-electron chi connectivity index (χ2n) is 6.20. The van der Waals surface area contributed by atoms with Gasteiger partial charge in [-0.25, -0.2) is 4.39 Å².